The Labute approximate surface area is 193 Å². The van der Waals surface area contributed by atoms with Crippen LogP contribution in [0, 0.1) is 5.92 Å². The molecular formula is C21H37N7O5. The zero-order valence-electron chi connectivity index (χ0n) is 19.5. The van der Waals surface area contributed by atoms with Crippen LogP contribution in [0.25, 0.3) is 0 Å². The number of imidazole rings is 1. The number of aromatic nitrogens is 2. The van der Waals surface area contributed by atoms with Crippen molar-refractivity contribution in [3.05, 3.63) is 18.2 Å². The van der Waals surface area contributed by atoms with E-state index in [2.05, 4.69) is 25.9 Å². The number of carboxylic acid groups (broad SMARTS) is 1. The minimum absolute atomic E-state index is 0.0503. The number of nitrogens with two attached hydrogens (primary N) is 2. The van der Waals surface area contributed by atoms with Gasteiger partial charge in [0.2, 0.25) is 17.7 Å². The second-order valence-corrected chi connectivity index (χ2v) is 8.49. The number of carbonyl (C=O) groups excluding carboxylic acids is 3. The predicted molar refractivity (Wildman–Crippen MR) is 122 cm³/mol. The summed E-state index contributed by atoms with van der Waals surface area (Å²) < 4.78 is 0. The third kappa shape index (κ3) is 10.4. The molecule has 1 aromatic rings. The number of carbonyl (C=O) groups is 4. The number of H-pyrrole nitrogens is 1. The minimum Gasteiger partial charge on any atom is -0.480 e. The van der Waals surface area contributed by atoms with Crippen LogP contribution in [-0.4, -0.2) is 69.5 Å². The fourth-order valence-corrected chi connectivity index (χ4v) is 3.13. The highest BCUT2D eigenvalue weighted by Crippen LogP contribution is 2.08. The average Bonchev–Trinajstić information content (AvgIpc) is 3.24. The van der Waals surface area contributed by atoms with Gasteiger partial charge >= 0.3 is 5.97 Å². The van der Waals surface area contributed by atoms with E-state index in [1.165, 1.54) is 13.3 Å². The molecule has 1 heterocycles. The Morgan fingerprint density at radius 2 is 1.70 bits per heavy atom. The molecule has 0 fully saturated rings. The molecule has 0 spiro atoms. The standard InChI is InChI=1S/C21H37N7O5/c1-12(2)8-17(20(31)27-16(21(32)33)6-4-5-7-22)28-18(29)13(3)26-19(30)15(23)9-14-10-24-11-25-14/h10-13,15-17H,4-9,22-23H2,1-3H3,(H,24,25)(H,26,30)(H,27,31)(H,28,29)(H,32,33). The van der Waals surface area contributed by atoms with E-state index in [1.54, 1.807) is 6.20 Å². The molecule has 9 N–H and O–H groups in total. The molecule has 186 valence electrons. The lowest BCUT2D eigenvalue weighted by Gasteiger charge is -2.25. The summed E-state index contributed by atoms with van der Waals surface area (Å²) in [6, 6.07) is -3.87. The molecule has 1 rings (SSSR count). The molecule has 0 radical (unpaired) electrons. The maximum absolute atomic E-state index is 12.8. The molecular weight excluding hydrogens is 430 g/mol. The van der Waals surface area contributed by atoms with Crippen molar-refractivity contribution < 1.29 is 24.3 Å². The van der Waals surface area contributed by atoms with Crippen molar-refractivity contribution in [1.82, 2.24) is 25.9 Å². The summed E-state index contributed by atoms with van der Waals surface area (Å²) in [4.78, 5) is 56.0. The largest absolute Gasteiger partial charge is 0.480 e. The highest BCUT2D eigenvalue weighted by atomic mass is 16.4. The highest BCUT2D eigenvalue weighted by Gasteiger charge is 2.29. The van der Waals surface area contributed by atoms with Gasteiger partial charge in [0.1, 0.15) is 18.1 Å². The van der Waals surface area contributed by atoms with Crippen LogP contribution in [0.5, 0.6) is 0 Å². The summed E-state index contributed by atoms with van der Waals surface area (Å²) in [5.74, 6) is -2.79. The third-order valence-electron chi connectivity index (χ3n) is 4.99. The Kier molecular flexibility index (Phi) is 12.1. The van der Waals surface area contributed by atoms with Crippen molar-refractivity contribution in [3.63, 3.8) is 0 Å². The lowest BCUT2D eigenvalue weighted by Crippen LogP contribution is -2.56. The van der Waals surface area contributed by atoms with E-state index < -0.39 is 47.9 Å². The van der Waals surface area contributed by atoms with E-state index in [9.17, 15) is 24.3 Å². The molecule has 0 aliphatic heterocycles. The average molecular weight is 468 g/mol. The van der Waals surface area contributed by atoms with Gasteiger partial charge in [-0.1, -0.05) is 13.8 Å². The lowest BCUT2D eigenvalue weighted by atomic mass is 10.0. The maximum atomic E-state index is 12.8. The Morgan fingerprint density at radius 1 is 1.03 bits per heavy atom. The lowest BCUT2D eigenvalue weighted by molar-refractivity contribution is -0.142. The van der Waals surface area contributed by atoms with E-state index in [4.69, 9.17) is 11.5 Å². The minimum atomic E-state index is -1.15. The van der Waals surface area contributed by atoms with Gasteiger partial charge in [0.15, 0.2) is 0 Å². The van der Waals surface area contributed by atoms with Crippen molar-refractivity contribution in [2.24, 2.45) is 17.4 Å². The molecule has 4 atom stereocenters. The smallest absolute Gasteiger partial charge is 0.326 e. The molecule has 3 amide bonds. The van der Waals surface area contributed by atoms with Crippen molar-refractivity contribution in [2.75, 3.05) is 6.54 Å². The molecule has 0 saturated heterocycles. The summed E-state index contributed by atoms with van der Waals surface area (Å²) >= 11 is 0. The van der Waals surface area contributed by atoms with Gasteiger partial charge in [-0.3, -0.25) is 14.4 Å². The number of aromatic amines is 1. The number of hydrogen-bond acceptors (Lipinski definition) is 7. The topological polar surface area (TPSA) is 205 Å². The van der Waals surface area contributed by atoms with Gasteiger partial charge in [0, 0.05) is 18.3 Å². The van der Waals surface area contributed by atoms with E-state index in [1.807, 2.05) is 13.8 Å². The van der Waals surface area contributed by atoms with E-state index in [-0.39, 0.29) is 18.8 Å². The molecule has 33 heavy (non-hydrogen) atoms. The van der Waals surface area contributed by atoms with Crippen molar-refractivity contribution in [1.29, 1.82) is 0 Å². The zero-order chi connectivity index (χ0) is 25.0. The van der Waals surface area contributed by atoms with Crippen LogP contribution in [0.15, 0.2) is 12.5 Å². The van der Waals surface area contributed by atoms with Gasteiger partial charge in [-0.05, 0) is 45.1 Å². The summed E-state index contributed by atoms with van der Waals surface area (Å²) in [6.45, 7) is 5.67. The first kappa shape index (κ1) is 28.0. The van der Waals surface area contributed by atoms with E-state index in [0.29, 0.717) is 31.5 Å². The Hall–Kier alpha value is -2.99. The molecule has 1 aromatic heterocycles. The fourth-order valence-electron chi connectivity index (χ4n) is 3.13. The highest BCUT2D eigenvalue weighted by molar-refractivity contribution is 5.93. The summed E-state index contributed by atoms with van der Waals surface area (Å²) in [7, 11) is 0. The zero-order valence-corrected chi connectivity index (χ0v) is 19.5. The number of amides is 3. The molecule has 12 nitrogen and oxygen atoms in total. The monoisotopic (exact) mass is 467 g/mol. The Bertz CT molecular complexity index is 769. The Balaban J connectivity index is 2.71. The summed E-state index contributed by atoms with van der Waals surface area (Å²) in [5, 5.41) is 17.0. The van der Waals surface area contributed by atoms with E-state index in [0.717, 1.165) is 0 Å². The van der Waals surface area contributed by atoms with Gasteiger partial charge in [-0.2, -0.15) is 0 Å². The summed E-state index contributed by atoms with van der Waals surface area (Å²) in [5.41, 5.74) is 12.0. The predicted octanol–water partition coefficient (Wildman–Crippen LogP) is -0.986. The van der Waals surface area contributed by atoms with Crippen LogP contribution in [0.1, 0.15) is 52.1 Å². The van der Waals surface area contributed by atoms with E-state index >= 15 is 0 Å². The molecule has 0 bridgehead atoms. The molecule has 12 heteroatoms. The number of nitrogens with zero attached hydrogens (tertiary/aromatic N) is 1. The second kappa shape index (κ2) is 14.2. The van der Waals surface area contributed by atoms with Gasteiger partial charge in [-0.15, -0.1) is 0 Å². The van der Waals surface area contributed by atoms with Crippen LogP contribution in [0.3, 0.4) is 0 Å². The summed E-state index contributed by atoms with van der Waals surface area (Å²) in [6.07, 6.45) is 4.98. The number of carboxylic acids is 1. The fraction of sp³-hybridized carbons (Fsp3) is 0.667. The van der Waals surface area contributed by atoms with Crippen molar-refractivity contribution in [2.45, 2.75) is 77.0 Å². The number of unbranched alkanes of at least 4 members (excludes halogenated alkanes) is 1. The normalized spacial score (nSPS) is 14.7. The van der Waals surface area contributed by atoms with Crippen LogP contribution in [-0.2, 0) is 25.6 Å². The molecule has 0 aromatic carbocycles. The van der Waals surface area contributed by atoms with Gasteiger partial charge in [0.25, 0.3) is 0 Å². The van der Waals surface area contributed by atoms with Crippen molar-refractivity contribution >= 4 is 23.7 Å². The molecule has 0 aliphatic rings. The number of aliphatic carboxylic acids is 1. The van der Waals surface area contributed by atoms with Crippen LogP contribution >= 0.6 is 0 Å². The number of rotatable bonds is 15. The Morgan fingerprint density at radius 3 is 2.24 bits per heavy atom. The number of hydrogen-bond donors (Lipinski definition) is 7. The van der Waals surface area contributed by atoms with Gasteiger partial charge in [0.05, 0.1) is 12.4 Å². The molecule has 0 aliphatic carbocycles. The van der Waals surface area contributed by atoms with Gasteiger partial charge in [-0.25, -0.2) is 9.78 Å². The third-order valence-corrected chi connectivity index (χ3v) is 4.99. The maximum Gasteiger partial charge on any atom is 0.326 e. The number of nitrogens with one attached hydrogen (secondary N) is 4. The first-order chi connectivity index (χ1) is 15.5. The second-order valence-electron chi connectivity index (χ2n) is 8.49. The first-order valence-corrected chi connectivity index (χ1v) is 11.1. The van der Waals surface area contributed by atoms with Crippen LogP contribution < -0.4 is 27.4 Å². The molecule has 0 saturated carbocycles. The van der Waals surface area contributed by atoms with Crippen LogP contribution in [0.4, 0.5) is 0 Å². The van der Waals surface area contributed by atoms with Gasteiger partial charge < -0.3 is 37.5 Å². The first-order valence-electron chi connectivity index (χ1n) is 11.1. The quantitative estimate of drug-likeness (QED) is 0.159. The van der Waals surface area contributed by atoms with Crippen LogP contribution in [0.2, 0.25) is 0 Å². The molecule has 4 unspecified atom stereocenters. The van der Waals surface area contributed by atoms with Crippen molar-refractivity contribution in [3.8, 4) is 0 Å². The SMILES string of the molecule is CC(C)CC(NC(=O)C(C)NC(=O)C(N)Cc1cnc[nH]1)C(=O)NC(CCCCN)C(=O)O.